The zero-order valence-corrected chi connectivity index (χ0v) is 25.5. The Morgan fingerprint density at radius 1 is 1.00 bits per heavy atom. The Morgan fingerprint density at radius 3 is 2.47 bits per heavy atom. The van der Waals surface area contributed by atoms with Gasteiger partial charge in [-0.1, -0.05) is 6.07 Å². The first kappa shape index (κ1) is 33.2. The van der Waals surface area contributed by atoms with Gasteiger partial charge in [0.15, 0.2) is 18.1 Å². The Kier molecular flexibility index (Phi) is 12.6. The first-order valence-corrected chi connectivity index (χ1v) is 14.7. The SMILES string of the molecule is CCn1ccc(C(=O)N2CCCCN(C)C(=O)[C@H](C)NC(=O)COc3cc(ccc3OC)CCC(=O)NCCC2)cc1=O. The lowest BCUT2D eigenvalue weighted by atomic mass is 10.1. The number of likely N-dealkylation sites (N-methyl/N-ethyl adjacent to an activating group) is 1. The topological polar surface area (TPSA) is 139 Å². The molecule has 1 aliphatic heterocycles. The van der Waals surface area contributed by atoms with Gasteiger partial charge in [-0.05, 0) is 63.3 Å². The van der Waals surface area contributed by atoms with Crippen molar-refractivity contribution in [1.29, 1.82) is 0 Å². The summed E-state index contributed by atoms with van der Waals surface area (Å²) < 4.78 is 12.6. The van der Waals surface area contributed by atoms with Crippen LogP contribution in [0, 0.1) is 0 Å². The monoisotopic (exact) mass is 597 g/mol. The Labute approximate surface area is 252 Å². The van der Waals surface area contributed by atoms with Crippen LogP contribution in [-0.4, -0.2) is 91.0 Å². The average Bonchev–Trinajstić information content (AvgIpc) is 3.00. The third-order valence-corrected chi connectivity index (χ3v) is 7.32. The van der Waals surface area contributed by atoms with E-state index in [1.165, 1.54) is 17.7 Å². The van der Waals surface area contributed by atoms with E-state index in [0.29, 0.717) is 75.5 Å². The van der Waals surface area contributed by atoms with Gasteiger partial charge >= 0.3 is 0 Å². The minimum Gasteiger partial charge on any atom is -0.493 e. The summed E-state index contributed by atoms with van der Waals surface area (Å²) in [6.07, 6.45) is 4.10. The number of benzene rings is 1. The highest BCUT2D eigenvalue weighted by Crippen LogP contribution is 2.28. The summed E-state index contributed by atoms with van der Waals surface area (Å²) in [6.45, 7) is 5.33. The highest BCUT2D eigenvalue weighted by atomic mass is 16.5. The summed E-state index contributed by atoms with van der Waals surface area (Å²) >= 11 is 0. The Balaban J connectivity index is 1.74. The number of aryl methyl sites for hydroxylation is 2. The van der Waals surface area contributed by atoms with Crippen molar-refractivity contribution in [3.05, 3.63) is 58.0 Å². The molecule has 2 N–H and O–H groups in total. The van der Waals surface area contributed by atoms with E-state index in [9.17, 15) is 24.0 Å². The molecule has 43 heavy (non-hydrogen) atoms. The molecule has 2 aromatic rings. The summed E-state index contributed by atoms with van der Waals surface area (Å²) in [5.41, 5.74) is 0.914. The summed E-state index contributed by atoms with van der Waals surface area (Å²) in [7, 11) is 3.17. The summed E-state index contributed by atoms with van der Waals surface area (Å²) in [5.74, 6) is -0.253. The predicted molar refractivity (Wildman–Crippen MR) is 161 cm³/mol. The molecule has 0 unspecified atom stereocenters. The molecular formula is C31H43N5O7. The largest absolute Gasteiger partial charge is 0.493 e. The first-order chi connectivity index (χ1) is 20.6. The lowest BCUT2D eigenvalue weighted by Gasteiger charge is -2.25. The molecule has 0 radical (unpaired) electrons. The van der Waals surface area contributed by atoms with Crippen LogP contribution < -0.4 is 25.7 Å². The van der Waals surface area contributed by atoms with E-state index in [0.717, 1.165) is 5.56 Å². The smallest absolute Gasteiger partial charge is 0.258 e. The molecule has 4 amide bonds. The maximum atomic E-state index is 13.4. The number of nitrogens with one attached hydrogen (secondary N) is 2. The van der Waals surface area contributed by atoms with Crippen LogP contribution in [0.25, 0.3) is 0 Å². The third kappa shape index (κ3) is 9.86. The molecule has 234 valence electrons. The Hall–Kier alpha value is -4.35. The third-order valence-electron chi connectivity index (χ3n) is 7.32. The van der Waals surface area contributed by atoms with E-state index in [1.807, 2.05) is 13.0 Å². The number of methoxy groups -OCH3 is 1. The van der Waals surface area contributed by atoms with Gasteiger partial charge in [0.05, 0.1) is 7.11 Å². The van der Waals surface area contributed by atoms with Gasteiger partial charge in [-0.3, -0.25) is 24.0 Å². The maximum absolute atomic E-state index is 13.4. The van der Waals surface area contributed by atoms with Gasteiger partial charge in [-0.2, -0.15) is 0 Å². The minimum atomic E-state index is -0.756. The van der Waals surface area contributed by atoms with E-state index in [1.54, 1.807) is 48.2 Å². The van der Waals surface area contributed by atoms with Crippen molar-refractivity contribution < 1.29 is 28.7 Å². The number of rotatable bonds is 3. The second-order valence-corrected chi connectivity index (χ2v) is 10.6. The van der Waals surface area contributed by atoms with Gasteiger partial charge in [0, 0.05) is 64.0 Å². The highest BCUT2D eigenvalue weighted by Gasteiger charge is 2.21. The Morgan fingerprint density at radius 2 is 1.74 bits per heavy atom. The molecule has 0 fully saturated rings. The van der Waals surface area contributed by atoms with Crippen LogP contribution >= 0.6 is 0 Å². The minimum absolute atomic E-state index is 0.123. The zero-order chi connectivity index (χ0) is 31.4. The predicted octanol–water partition coefficient (Wildman–Crippen LogP) is 1.59. The molecule has 12 nitrogen and oxygen atoms in total. The van der Waals surface area contributed by atoms with Crippen molar-refractivity contribution in [2.45, 2.75) is 58.5 Å². The van der Waals surface area contributed by atoms with Crippen LogP contribution in [0.5, 0.6) is 11.5 Å². The van der Waals surface area contributed by atoms with E-state index in [4.69, 9.17) is 9.47 Å². The summed E-state index contributed by atoms with van der Waals surface area (Å²) in [6, 6.07) is 7.53. The van der Waals surface area contributed by atoms with E-state index in [-0.39, 0.29) is 36.3 Å². The molecule has 0 spiro atoms. The lowest BCUT2D eigenvalue weighted by Crippen LogP contribution is -2.47. The van der Waals surface area contributed by atoms with Crippen LogP contribution in [0.2, 0.25) is 0 Å². The van der Waals surface area contributed by atoms with Gasteiger partial charge in [-0.15, -0.1) is 0 Å². The highest BCUT2D eigenvalue weighted by molar-refractivity contribution is 5.94. The maximum Gasteiger partial charge on any atom is 0.258 e. The van der Waals surface area contributed by atoms with Gasteiger partial charge in [-0.25, -0.2) is 0 Å². The molecule has 1 aliphatic rings. The lowest BCUT2D eigenvalue weighted by molar-refractivity contribution is -0.135. The van der Waals surface area contributed by atoms with Gasteiger partial charge in [0.25, 0.3) is 17.4 Å². The first-order valence-electron chi connectivity index (χ1n) is 14.7. The molecule has 1 aromatic carbocycles. The molecule has 0 saturated carbocycles. The van der Waals surface area contributed by atoms with Gasteiger partial charge in [0.2, 0.25) is 11.8 Å². The van der Waals surface area contributed by atoms with Crippen molar-refractivity contribution in [3.8, 4) is 11.5 Å². The molecule has 12 heteroatoms. The van der Waals surface area contributed by atoms with Crippen LogP contribution in [0.1, 0.15) is 55.5 Å². The fraction of sp³-hybridized carbons (Fsp3) is 0.516. The number of hydrogen-bond donors (Lipinski definition) is 2. The average molecular weight is 598 g/mol. The fourth-order valence-corrected chi connectivity index (χ4v) is 4.81. The molecule has 0 aliphatic carbocycles. The number of fused-ring (bicyclic) bond motifs is 2. The number of ether oxygens (including phenoxy) is 2. The molecule has 2 heterocycles. The number of carbonyl (C=O) groups is 4. The van der Waals surface area contributed by atoms with Crippen LogP contribution in [0.15, 0.2) is 41.3 Å². The summed E-state index contributed by atoms with van der Waals surface area (Å²) in [5, 5.41) is 5.58. The number of carbonyl (C=O) groups excluding carboxylic acids is 4. The van der Waals surface area contributed by atoms with Gasteiger partial charge in [0.1, 0.15) is 6.04 Å². The standard InChI is InChI=1S/C31H43N5O7/c1-5-35-18-13-24(20-29(35)39)31(41)36-16-7-6-15-34(3)30(40)22(2)33-28(38)21-43-26-19-23(9-11-25(26)42-4)10-12-27(37)32-14-8-17-36/h9,11,13,18-20,22H,5-8,10,12,14-17,21H2,1-4H3,(H,32,37)(H,33,38)/t22-/m0/s1. The van der Waals surface area contributed by atoms with Crippen molar-refractivity contribution >= 4 is 23.6 Å². The number of amides is 4. The fourth-order valence-electron chi connectivity index (χ4n) is 4.81. The van der Waals surface area contributed by atoms with Crippen LogP contribution in [0.4, 0.5) is 0 Å². The van der Waals surface area contributed by atoms with Crippen molar-refractivity contribution in [2.24, 2.45) is 0 Å². The van der Waals surface area contributed by atoms with Crippen molar-refractivity contribution in [2.75, 3.05) is 46.9 Å². The van der Waals surface area contributed by atoms with E-state index in [2.05, 4.69) is 10.6 Å². The molecule has 2 bridgehead atoms. The van der Waals surface area contributed by atoms with E-state index < -0.39 is 11.9 Å². The number of nitrogens with zero attached hydrogens (tertiary/aromatic N) is 3. The quantitative estimate of drug-likeness (QED) is 0.548. The molecule has 1 aromatic heterocycles. The van der Waals surface area contributed by atoms with Crippen LogP contribution in [-0.2, 0) is 27.3 Å². The number of hydrogen-bond acceptors (Lipinski definition) is 7. The number of pyridine rings is 1. The van der Waals surface area contributed by atoms with Crippen molar-refractivity contribution in [1.82, 2.24) is 25.0 Å². The van der Waals surface area contributed by atoms with E-state index >= 15 is 0 Å². The van der Waals surface area contributed by atoms with Crippen molar-refractivity contribution in [3.63, 3.8) is 0 Å². The normalized spacial score (nSPS) is 18.4. The molecule has 0 saturated heterocycles. The van der Waals surface area contributed by atoms with Gasteiger partial charge < -0.3 is 34.5 Å². The summed E-state index contributed by atoms with van der Waals surface area (Å²) in [4.78, 5) is 66.9. The molecular weight excluding hydrogens is 554 g/mol. The Bertz CT molecular complexity index is 1340. The molecule has 3 rings (SSSR count). The van der Waals surface area contributed by atoms with Crippen LogP contribution in [0.3, 0.4) is 0 Å². The second-order valence-electron chi connectivity index (χ2n) is 10.6. The number of aromatic nitrogens is 1. The zero-order valence-electron chi connectivity index (χ0n) is 25.5. The second kappa shape index (κ2) is 16.3. The molecule has 1 atom stereocenters.